The lowest BCUT2D eigenvalue weighted by Gasteiger charge is -2.36. The Bertz CT molecular complexity index is 966. The molecule has 2 aliphatic heterocycles. The van der Waals surface area contributed by atoms with Gasteiger partial charge in [0.25, 0.3) is 11.8 Å². The first-order chi connectivity index (χ1) is 14.1. The quantitative estimate of drug-likeness (QED) is 0.557. The van der Waals surface area contributed by atoms with Crippen molar-refractivity contribution in [3.8, 4) is 0 Å². The SMILES string of the molecule is C=CCN1C(=O)C(c2ccc(Cl)cc2)=C(N2CCN(c3ncccn3)CC2)C1=O. The first-order valence-electron chi connectivity index (χ1n) is 9.34. The second kappa shape index (κ2) is 8.05. The highest BCUT2D eigenvalue weighted by Crippen LogP contribution is 2.32. The summed E-state index contributed by atoms with van der Waals surface area (Å²) < 4.78 is 0. The molecule has 1 saturated heterocycles. The van der Waals surface area contributed by atoms with Crippen molar-refractivity contribution in [1.29, 1.82) is 0 Å². The van der Waals surface area contributed by atoms with E-state index in [1.54, 1.807) is 48.8 Å². The van der Waals surface area contributed by atoms with E-state index in [0.717, 1.165) is 0 Å². The summed E-state index contributed by atoms with van der Waals surface area (Å²) in [5.74, 6) is 0.0754. The summed E-state index contributed by atoms with van der Waals surface area (Å²) in [7, 11) is 0. The van der Waals surface area contributed by atoms with Gasteiger partial charge in [-0.3, -0.25) is 14.5 Å². The number of aromatic nitrogens is 2. The molecule has 7 nitrogen and oxygen atoms in total. The Labute approximate surface area is 173 Å². The van der Waals surface area contributed by atoms with E-state index < -0.39 is 0 Å². The molecule has 3 heterocycles. The van der Waals surface area contributed by atoms with Gasteiger partial charge in [0.1, 0.15) is 5.70 Å². The molecule has 2 aromatic rings. The van der Waals surface area contributed by atoms with Crippen molar-refractivity contribution >= 4 is 34.9 Å². The Kier molecular flexibility index (Phi) is 5.31. The minimum absolute atomic E-state index is 0.177. The number of anilines is 1. The van der Waals surface area contributed by atoms with Crippen LogP contribution in [0.4, 0.5) is 5.95 Å². The highest BCUT2D eigenvalue weighted by molar-refractivity contribution is 6.36. The molecule has 0 saturated carbocycles. The van der Waals surface area contributed by atoms with Crippen LogP contribution in [-0.2, 0) is 9.59 Å². The summed E-state index contributed by atoms with van der Waals surface area (Å²) in [6, 6.07) is 8.77. The smallest absolute Gasteiger partial charge is 0.278 e. The molecule has 0 unspecified atom stereocenters. The van der Waals surface area contributed by atoms with E-state index in [2.05, 4.69) is 21.4 Å². The van der Waals surface area contributed by atoms with Crippen molar-refractivity contribution in [3.63, 3.8) is 0 Å². The Morgan fingerprint density at radius 2 is 1.59 bits per heavy atom. The van der Waals surface area contributed by atoms with E-state index in [1.807, 2.05) is 4.90 Å². The summed E-state index contributed by atoms with van der Waals surface area (Å²) in [6.45, 7) is 6.34. The molecule has 2 aliphatic rings. The molecule has 0 N–H and O–H groups in total. The molecule has 2 amide bonds. The third kappa shape index (κ3) is 3.61. The van der Waals surface area contributed by atoms with Crippen molar-refractivity contribution < 1.29 is 9.59 Å². The average molecular weight is 410 g/mol. The summed E-state index contributed by atoms with van der Waals surface area (Å²) in [5.41, 5.74) is 1.54. The number of imide groups is 1. The summed E-state index contributed by atoms with van der Waals surface area (Å²) >= 11 is 6.00. The highest BCUT2D eigenvalue weighted by atomic mass is 35.5. The van der Waals surface area contributed by atoms with Crippen LogP contribution in [0.1, 0.15) is 5.56 Å². The highest BCUT2D eigenvalue weighted by Gasteiger charge is 2.41. The Hall–Kier alpha value is -3.19. The molecular formula is C21H20ClN5O2. The van der Waals surface area contributed by atoms with Crippen molar-refractivity contribution in [3.05, 3.63) is 71.7 Å². The maximum absolute atomic E-state index is 13.1. The first-order valence-corrected chi connectivity index (χ1v) is 9.72. The van der Waals surface area contributed by atoms with E-state index in [1.165, 1.54) is 4.90 Å². The Balaban J connectivity index is 1.64. The first kappa shape index (κ1) is 19.1. The normalized spacial score (nSPS) is 17.3. The van der Waals surface area contributed by atoms with Crippen LogP contribution in [0.15, 0.2) is 61.1 Å². The van der Waals surface area contributed by atoms with Crippen molar-refractivity contribution in [2.75, 3.05) is 37.6 Å². The molecule has 0 aliphatic carbocycles. The minimum atomic E-state index is -0.305. The number of benzene rings is 1. The number of carbonyl (C=O) groups is 2. The molecule has 4 rings (SSSR count). The predicted octanol–water partition coefficient (Wildman–Crippen LogP) is 2.22. The third-order valence-electron chi connectivity index (χ3n) is 5.02. The fraction of sp³-hybridized carbons (Fsp3) is 0.238. The van der Waals surface area contributed by atoms with Crippen molar-refractivity contribution in [2.45, 2.75) is 0 Å². The third-order valence-corrected chi connectivity index (χ3v) is 5.27. The van der Waals surface area contributed by atoms with Crippen LogP contribution in [0, 0.1) is 0 Å². The van der Waals surface area contributed by atoms with Gasteiger partial charge < -0.3 is 9.80 Å². The van der Waals surface area contributed by atoms with Gasteiger partial charge in [0.15, 0.2) is 0 Å². The van der Waals surface area contributed by atoms with Gasteiger partial charge >= 0.3 is 0 Å². The number of hydrogen-bond donors (Lipinski definition) is 0. The van der Waals surface area contributed by atoms with Crippen molar-refractivity contribution in [1.82, 2.24) is 19.8 Å². The van der Waals surface area contributed by atoms with Gasteiger partial charge in [-0.25, -0.2) is 9.97 Å². The van der Waals surface area contributed by atoms with E-state index >= 15 is 0 Å². The zero-order valence-electron chi connectivity index (χ0n) is 15.8. The van der Waals surface area contributed by atoms with E-state index in [4.69, 9.17) is 11.6 Å². The zero-order valence-corrected chi connectivity index (χ0v) is 16.5. The van der Waals surface area contributed by atoms with E-state index in [0.29, 0.717) is 54.0 Å². The standard InChI is InChI=1S/C21H20ClN5O2/c1-2-10-27-19(28)17(15-4-6-16(22)7-5-15)18(20(27)29)25-11-13-26(14-12-25)21-23-8-3-9-24-21/h2-9H,1,10-14H2. The van der Waals surface area contributed by atoms with Crippen LogP contribution in [0.2, 0.25) is 5.02 Å². The van der Waals surface area contributed by atoms with Crippen LogP contribution in [0.5, 0.6) is 0 Å². The lowest BCUT2D eigenvalue weighted by atomic mass is 10.0. The molecule has 1 aromatic carbocycles. The Morgan fingerprint density at radius 1 is 0.966 bits per heavy atom. The zero-order chi connectivity index (χ0) is 20.4. The lowest BCUT2D eigenvalue weighted by Crippen LogP contribution is -2.48. The minimum Gasteiger partial charge on any atom is -0.363 e. The van der Waals surface area contributed by atoms with Crippen LogP contribution in [-0.4, -0.2) is 64.3 Å². The van der Waals surface area contributed by atoms with Gasteiger partial charge in [0, 0.05) is 50.1 Å². The van der Waals surface area contributed by atoms with Crippen LogP contribution >= 0.6 is 11.6 Å². The summed E-state index contributed by atoms with van der Waals surface area (Å²) in [5, 5.41) is 0.576. The number of nitrogens with zero attached hydrogens (tertiary/aromatic N) is 5. The van der Waals surface area contributed by atoms with Gasteiger partial charge in [0.2, 0.25) is 5.95 Å². The molecule has 1 aromatic heterocycles. The van der Waals surface area contributed by atoms with Crippen molar-refractivity contribution in [2.24, 2.45) is 0 Å². The summed E-state index contributed by atoms with van der Waals surface area (Å²) in [6.07, 6.45) is 4.98. The molecule has 0 atom stereocenters. The van der Waals surface area contributed by atoms with E-state index in [9.17, 15) is 9.59 Å². The second-order valence-corrected chi connectivity index (χ2v) is 7.20. The van der Waals surface area contributed by atoms with Gasteiger partial charge in [-0.05, 0) is 23.8 Å². The number of amides is 2. The molecule has 8 heteroatoms. The monoisotopic (exact) mass is 409 g/mol. The molecule has 0 radical (unpaired) electrons. The molecule has 0 spiro atoms. The van der Waals surface area contributed by atoms with Crippen LogP contribution in [0.25, 0.3) is 5.57 Å². The molecule has 148 valence electrons. The van der Waals surface area contributed by atoms with Crippen LogP contribution in [0.3, 0.4) is 0 Å². The van der Waals surface area contributed by atoms with Gasteiger partial charge in [0.05, 0.1) is 5.57 Å². The maximum atomic E-state index is 13.1. The number of rotatable bonds is 5. The van der Waals surface area contributed by atoms with Gasteiger partial charge in [-0.1, -0.05) is 29.8 Å². The predicted molar refractivity (Wildman–Crippen MR) is 111 cm³/mol. The number of piperazine rings is 1. The molecular weight excluding hydrogens is 390 g/mol. The fourth-order valence-electron chi connectivity index (χ4n) is 3.61. The largest absolute Gasteiger partial charge is 0.363 e. The Morgan fingerprint density at radius 3 is 2.21 bits per heavy atom. The topological polar surface area (TPSA) is 69.6 Å². The summed E-state index contributed by atoms with van der Waals surface area (Å²) in [4.78, 5) is 40.0. The lowest BCUT2D eigenvalue weighted by molar-refractivity contribution is -0.136. The van der Waals surface area contributed by atoms with Gasteiger partial charge in [-0.15, -0.1) is 6.58 Å². The molecule has 0 bridgehead atoms. The fourth-order valence-corrected chi connectivity index (χ4v) is 3.74. The van der Waals surface area contributed by atoms with E-state index in [-0.39, 0.29) is 18.4 Å². The number of carbonyl (C=O) groups excluding carboxylic acids is 2. The molecule has 1 fully saturated rings. The maximum Gasteiger partial charge on any atom is 0.278 e. The number of halogens is 1. The second-order valence-electron chi connectivity index (χ2n) is 6.76. The number of hydrogen-bond acceptors (Lipinski definition) is 6. The van der Waals surface area contributed by atoms with Gasteiger partial charge in [-0.2, -0.15) is 0 Å². The van der Waals surface area contributed by atoms with Crippen LogP contribution < -0.4 is 4.90 Å². The average Bonchev–Trinajstić information content (AvgIpc) is 3.00. The molecule has 29 heavy (non-hydrogen) atoms.